The highest BCUT2D eigenvalue weighted by Crippen LogP contribution is 2.31. The predicted molar refractivity (Wildman–Crippen MR) is 104 cm³/mol. The van der Waals surface area contributed by atoms with Crippen LogP contribution in [0.1, 0.15) is 18.9 Å². The van der Waals surface area contributed by atoms with Crippen LogP contribution in [0.3, 0.4) is 0 Å². The number of anilines is 1. The lowest BCUT2D eigenvalue weighted by Crippen LogP contribution is -2.41. The fraction of sp³-hybridized carbons (Fsp3) is 0.300. The summed E-state index contributed by atoms with van der Waals surface area (Å²) in [6, 6.07) is 11.9. The van der Waals surface area contributed by atoms with Gasteiger partial charge in [-0.2, -0.15) is 0 Å². The largest absolute Gasteiger partial charge is 0.482 e. The fourth-order valence-corrected chi connectivity index (χ4v) is 3.42. The lowest BCUT2D eigenvalue weighted by molar-refractivity contribution is -0.131. The Morgan fingerprint density at radius 1 is 1.30 bits per heavy atom. The molecule has 1 heterocycles. The Bertz CT molecular complexity index is 859. The monoisotopic (exact) mass is 434 g/mol. The second-order valence-electron chi connectivity index (χ2n) is 6.20. The Hall–Kier alpha value is -2.41. The van der Waals surface area contributed by atoms with Crippen molar-refractivity contribution in [3.8, 4) is 5.75 Å². The minimum Gasteiger partial charge on any atom is -0.482 e. The van der Waals surface area contributed by atoms with E-state index < -0.39 is 0 Å². The molecule has 1 aliphatic rings. The lowest BCUT2D eigenvalue weighted by Gasteiger charge is -2.30. The van der Waals surface area contributed by atoms with Gasteiger partial charge in [-0.25, -0.2) is 4.39 Å². The third-order valence-corrected chi connectivity index (χ3v) is 4.95. The van der Waals surface area contributed by atoms with Gasteiger partial charge in [0, 0.05) is 36.1 Å². The van der Waals surface area contributed by atoms with Crippen molar-refractivity contribution in [3.05, 3.63) is 58.3 Å². The summed E-state index contributed by atoms with van der Waals surface area (Å²) < 4.78 is 20.2. The number of halogens is 2. The molecule has 2 aromatic carbocycles. The molecule has 27 heavy (non-hydrogen) atoms. The van der Waals surface area contributed by atoms with Gasteiger partial charge < -0.3 is 14.5 Å². The van der Waals surface area contributed by atoms with Crippen molar-refractivity contribution in [3.63, 3.8) is 0 Å². The van der Waals surface area contributed by atoms with Gasteiger partial charge in [0.2, 0.25) is 5.91 Å². The van der Waals surface area contributed by atoms with Crippen molar-refractivity contribution in [1.82, 2.24) is 4.90 Å². The standard InChI is InChI=1S/C20H20BrFN2O3/c1-2-23(12-14-11-15(21)7-8-16(14)22)19(25)9-10-24-17-5-3-4-6-18(17)27-13-20(24)26/h3-8,11H,2,9-10,12-13H2,1H3. The van der Waals surface area contributed by atoms with Crippen molar-refractivity contribution in [2.24, 2.45) is 0 Å². The maximum atomic E-state index is 14.0. The molecular formula is C20H20BrFN2O3. The van der Waals surface area contributed by atoms with E-state index in [0.717, 1.165) is 4.47 Å². The Balaban J connectivity index is 1.67. The minimum atomic E-state index is -0.346. The molecule has 0 saturated carbocycles. The summed E-state index contributed by atoms with van der Waals surface area (Å²) in [4.78, 5) is 28.0. The van der Waals surface area contributed by atoms with Crippen molar-refractivity contribution in [2.75, 3.05) is 24.6 Å². The van der Waals surface area contributed by atoms with Crippen LogP contribution in [-0.4, -0.2) is 36.4 Å². The Morgan fingerprint density at radius 3 is 2.85 bits per heavy atom. The van der Waals surface area contributed by atoms with Crippen LogP contribution in [0.15, 0.2) is 46.9 Å². The number of hydrogen-bond acceptors (Lipinski definition) is 3. The number of benzene rings is 2. The summed E-state index contributed by atoms with van der Waals surface area (Å²) >= 11 is 3.32. The lowest BCUT2D eigenvalue weighted by atomic mass is 10.2. The van der Waals surface area contributed by atoms with E-state index in [4.69, 9.17) is 4.74 Å². The van der Waals surface area contributed by atoms with Crippen LogP contribution in [0.25, 0.3) is 0 Å². The first-order valence-electron chi connectivity index (χ1n) is 8.73. The van der Waals surface area contributed by atoms with Gasteiger partial charge in [-0.1, -0.05) is 28.1 Å². The number of rotatable bonds is 6. The highest BCUT2D eigenvalue weighted by Gasteiger charge is 2.26. The molecule has 2 amide bonds. The van der Waals surface area contributed by atoms with E-state index in [1.807, 2.05) is 19.1 Å². The summed E-state index contributed by atoms with van der Waals surface area (Å²) in [5, 5.41) is 0. The molecule has 2 aromatic rings. The van der Waals surface area contributed by atoms with Gasteiger partial charge in [-0.3, -0.25) is 9.59 Å². The zero-order chi connectivity index (χ0) is 19.4. The average molecular weight is 435 g/mol. The molecule has 142 valence electrons. The van der Waals surface area contributed by atoms with Gasteiger partial charge in [0.1, 0.15) is 11.6 Å². The summed E-state index contributed by atoms with van der Waals surface area (Å²) in [7, 11) is 0. The van der Waals surface area contributed by atoms with Crippen LogP contribution in [-0.2, 0) is 16.1 Å². The molecule has 7 heteroatoms. The van der Waals surface area contributed by atoms with E-state index in [9.17, 15) is 14.0 Å². The highest BCUT2D eigenvalue weighted by atomic mass is 79.9. The summed E-state index contributed by atoms with van der Waals surface area (Å²) in [6.45, 7) is 2.72. The molecular weight excluding hydrogens is 415 g/mol. The minimum absolute atomic E-state index is 0.0358. The number of nitrogens with zero attached hydrogens (tertiary/aromatic N) is 2. The van der Waals surface area contributed by atoms with Gasteiger partial charge >= 0.3 is 0 Å². The molecule has 0 unspecified atom stereocenters. The number of amides is 2. The Labute approximate surface area is 165 Å². The zero-order valence-corrected chi connectivity index (χ0v) is 16.5. The maximum Gasteiger partial charge on any atom is 0.265 e. The van der Waals surface area contributed by atoms with E-state index >= 15 is 0 Å². The van der Waals surface area contributed by atoms with E-state index in [1.165, 1.54) is 6.07 Å². The molecule has 5 nitrogen and oxygen atoms in total. The third kappa shape index (κ3) is 4.47. The van der Waals surface area contributed by atoms with Crippen LogP contribution in [0.2, 0.25) is 0 Å². The number of carbonyl (C=O) groups is 2. The highest BCUT2D eigenvalue weighted by molar-refractivity contribution is 9.10. The second kappa shape index (κ2) is 8.52. The third-order valence-electron chi connectivity index (χ3n) is 4.46. The van der Waals surface area contributed by atoms with Crippen LogP contribution < -0.4 is 9.64 Å². The maximum absolute atomic E-state index is 14.0. The van der Waals surface area contributed by atoms with Gasteiger partial charge in [0.05, 0.1) is 5.69 Å². The summed E-state index contributed by atoms with van der Waals surface area (Å²) in [6.07, 6.45) is 0.156. The number of carbonyl (C=O) groups excluding carboxylic acids is 2. The van der Waals surface area contributed by atoms with E-state index in [0.29, 0.717) is 23.5 Å². The van der Waals surface area contributed by atoms with E-state index in [-0.39, 0.29) is 43.7 Å². The summed E-state index contributed by atoms with van der Waals surface area (Å²) in [5.41, 5.74) is 1.12. The first-order valence-corrected chi connectivity index (χ1v) is 9.52. The SMILES string of the molecule is CCN(Cc1cc(Br)ccc1F)C(=O)CCN1C(=O)COc2ccccc21. The normalized spacial score (nSPS) is 13.1. The predicted octanol–water partition coefficient (Wildman–Crippen LogP) is 3.75. The first-order chi connectivity index (χ1) is 13.0. The molecule has 0 N–H and O–H groups in total. The average Bonchev–Trinajstić information content (AvgIpc) is 2.67. The smallest absolute Gasteiger partial charge is 0.265 e. The second-order valence-corrected chi connectivity index (χ2v) is 7.11. The van der Waals surface area contributed by atoms with Crippen molar-refractivity contribution in [1.29, 1.82) is 0 Å². The van der Waals surface area contributed by atoms with Crippen molar-refractivity contribution >= 4 is 33.4 Å². The number of para-hydroxylation sites is 2. The van der Waals surface area contributed by atoms with Gasteiger partial charge in [-0.05, 0) is 37.3 Å². The Kier molecular flexibility index (Phi) is 6.11. The quantitative estimate of drug-likeness (QED) is 0.695. The van der Waals surface area contributed by atoms with Crippen LogP contribution in [0.4, 0.5) is 10.1 Å². The van der Waals surface area contributed by atoms with Crippen molar-refractivity contribution in [2.45, 2.75) is 19.9 Å². The summed E-state index contributed by atoms with van der Waals surface area (Å²) in [5.74, 6) is -0.0222. The molecule has 0 spiro atoms. The first kappa shape index (κ1) is 19.4. The molecule has 0 aliphatic carbocycles. The molecule has 0 atom stereocenters. The molecule has 3 rings (SSSR count). The number of hydrogen-bond donors (Lipinski definition) is 0. The molecule has 0 fully saturated rings. The van der Waals surface area contributed by atoms with Gasteiger partial charge in [0.25, 0.3) is 5.91 Å². The molecule has 0 saturated heterocycles. The number of ether oxygens (including phenoxy) is 1. The van der Waals surface area contributed by atoms with E-state index in [2.05, 4.69) is 15.9 Å². The van der Waals surface area contributed by atoms with Crippen LogP contribution in [0, 0.1) is 5.82 Å². The molecule has 0 aromatic heterocycles. The number of fused-ring (bicyclic) bond motifs is 1. The molecule has 1 aliphatic heterocycles. The van der Waals surface area contributed by atoms with Gasteiger partial charge in [0.15, 0.2) is 6.61 Å². The Morgan fingerprint density at radius 2 is 2.07 bits per heavy atom. The topological polar surface area (TPSA) is 49.9 Å². The van der Waals surface area contributed by atoms with Crippen molar-refractivity contribution < 1.29 is 18.7 Å². The molecule has 0 radical (unpaired) electrons. The fourth-order valence-electron chi connectivity index (χ4n) is 3.01. The molecule has 0 bridgehead atoms. The van der Waals surface area contributed by atoms with E-state index in [1.54, 1.807) is 34.1 Å². The zero-order valence-electron chi connectivity index (χ0n) is 15.0. The van der Waals surface area contributed by atoms with Gasteiger partial charge in [-0.15, -0.1) is 0 Å². The van der Waals surface area contributed by atoms with Crippen LogP contribution >= 0.6 is 15.9 Å². The van der Waals surface area contributed by atoms with Crippen LogP contribution in [0.5, 0.6) is 5.75 Å².